The largest absolute Gasteiger partial charge is 0.497 e. The molecule has 0 saturated carbocycles. The minimum Gasteiger partial charge on any atom is -0.497 e. The van der Waals surface area contributed by atoms with Crippen molar-refractivity contribution < 1.29 is 4.74 Å². The topological polar surface area (TPSA) is 49.8 Å². The summed E-state index contributed by atoms with van der Waals surface area (Å²) in [5, 5.41) is 4.63. The number of aromatic nitrogens is 1. The van der Waals surface area contributed by atoms with E-state index in [1.54, 1.807) is 7.11 Å². The van der Waals surface area contributed by atoms with Crippen molar-refractivity contribution in [2.75, 3.05) is 27.7 Å². The van der Waals surface area contributed by atoms with E-state index in [-0.39, 0.29) is 0 Å². The maximum absolute atomic E-state index is 5.21. The number of methoxy groups -OCH3 is 1. The number of nitrogens with zero attached hydrogens (tertiary/aromatic N) is 3. The molecule has 0 aliphatic rings. The van der Waals surface area contributed by atoms with Gasteiger partial charge in [-0.25, -0.2) is 0 Å². The van der Waals surface area contributed by atoms with Gasteiger partial charge < -0.3 is 15.0 Å². The van der Waals surface area contributed by atoms with Crippen molar-refractivity contribution in [3.8, 4) is 5.75 Å². The number of ether oxygens (including phenoxy) is 1. The maximum Gasteiger partial charge on any atom is 0.193 e. The second kappa shape index (κ2) is 9.03. The number of benzene rings is 2. The summed E-state index contributed by atoms with van der Waals surface area (Å²) in [5.74, 6) is 1.74. The minimum atomic E-state index is 0.777. The quantitative estimate of drug-likeness (QED) is 0.539. The number of pyridine rings is 1. The van der Waals surface area contributed by atoms with Crippen LogP contribution in [0.4, 0.5) is 0 Å². The highest BCUT2D eigenvalue weighted by Gasteiger charge is 2.08. The van der Waals surface area contributed by atoms with Gasteiger partial charge in [-0.15, -0.1) is 0 Å². The Morgan fingerprint density at radius 2 is 1.89 bits per heavy atom. The minimum absolute atomic E-state index is 0.777. The van der Waals surface area contributed by atoms with E-state index in [9.17, 15) is 0 Å². The molecule has 0 amide bonds. The standard InChI is InChI=1S/C22H26N4O/c1-23-22(26(2)16-17-9-11-20(27-3)12-10-17)25-15-13-19-7-4-6-18-8-5-14-24-21(18)19/h4-12,14H,13,15-16H2,1-3H3,(H,23,25). The van der Waals surface area contributed by atoms with Crippen molar-refractivity contribution in [2.24, 2.45) is 4.99 Å². The van der Waals surface area contributed by atoms with Crippen LogP contribution < -0.4 is 10.1 Å². The number of guanidine groups is 1. The van der Waals surface area contributed by atoms with Gasteiger partial charge >= 0.3 is 0 Å². The van der Waals surface area contributed by atoms with Crippen molar-refractivity contribution in [1.82, 2.24) is 15.2 Å². The highest BCUT2D eigenvalue weighted by Crippen LogP contribution is 2.16. The first kappa shape index (κ1) is 18.7. The van der Waals surface area contributed by atoms with Gasteiger partial charge in [-0.05, 0) is 35.7 Å². The molecule has 0 aliphatic heterocycles. The van der Waals surface area contributed by atoms with Gasteiger partial charge in [0.2, 0.25) is 0 Å². The Hall–Kier alpha value is -3.08. The van der Waals surface area contributed by atoms with E-state index >= 15 is 0 Å². The molecule has 1 N–H and O–H groups in total. The van der Waals surface area contributed by atoms with Gasteiger partial charge in [0.05, 0.1) is 12.6 Å². The normalized spacial score (nSPS) is 11.4. The predicted molar refractivity (Wildman–Crippen MR) is 111 cm³/mol. The van der Waals surface area contributed by atoms with Crippen molar-refractivity contribution in [3.05, 3.63) is 71.9 Å². The molecular weight excluding hydrogens is 336 g/mol. The third kappa shape index (κ3) is 4.76. The molecular formula is C22H26N4O. The number of rotatable bonds is 6. The Morgan fingerprint density at radius 1 is 1.11 bits per heavy atom. The van der Waals surface area contributed by atoms with Crippen molar-refractivity contribution in [2.45, 2.75) is 13.0 Å². The van der Waals surface area contributed by atoms with Gasteiger partial charge in [-0.2, -0.15) is 0 Å². The molecule has 0 fully saturated rings. The van der Waals surface area contributed by atoms with Crippen LogP contribution >= 0.6 is 0 Å². The number of fused-ring (bicyclic) bond motifs is 1. The molecule has 5 nitrogen and oxygen atoms in total. The lowest BCUT2D eigenvalue weighted by molar-refractivity contribution is 0.414. The molecule has 0 radical (unpaired) electrons. The van der Waals surface area contributed by atoms with E-state index < -0.39 is 0 Å². The number of hydrogen-bond acceptors (Lipinski definition) is 3. The van der Waals surface area contributed by atoms with Gasteiger partial charge in [0.15, 0.2) is 5.96 Å². The predicted octanol–water partition coefficient (Wildman–Crippen LogP) is 3.49. The van der Waals surface area contributed by atoms with Crippen LogP contribution in [0, 0.1) is 0 Å². The fraction of sp³-hybridized carbons (Fsp3) is 0.273. The third-order valence-corrected chi connectivity index (χ3v) is 4.55. The smallest absolute Gasteiger partial charge is 0.193 e. The van der Waals surface area contributed by atoms with Crippen LogP contribution in [0.5, 0.6) is 5.75 Å². The van der Waals surface area contributed by atoms with Gasteiger partial charge in [-0.3, -0.25) is 9.98 Å². The molecule has 3 rings (SSSR count). The average molecular weight is 362 g/mol. The Kier molecular flexibility index (Phi) is 6.26. The Bertz CT molecular complexity index is 900. The van der Waals surface area contributed by atoms with Gasteiger partial charge in [0.1, 0.15) is 5.75 Å². The molecule has 0 bridgehead atoms. The van der Waals surface area contributed by atoms with Crippen LogP contribution in [0.1, 0.15) is 11.1 Å². The fourth-order valence-electron chi connectivity index (χ4n) is 3.14. The van der Waals surface area contributed by atoms with Crippen LogP contribution in [0.15, 0.2) is 65.8 Å². The first-order valence-corrected chi connectivity index (χ1v) is 9.08. The second-order valence-electron chi connectivity index (χ2n) is 6.42. The SMILES string of the molecule is CN=C(NCCc1cccc2cccnc12)N(C)Cc1ccc(OC)cc1. The van der Waals surface area contributed by atoms with Gasteiger partial charge in [0, 0.05) is 38.8 Å². The molecule has 2 aromatic carbocycles. The summed E-state index contributed by atoms with van der Waals surface area (Å²) >= 11 is 0. The number of nitrogens with one attached hydrogen (secondary N) is 1. The van der Waals surface area contributed by atoms with E-state index in [4.69, 9.17) is 4.74 Å². The zero-order chi connectivity index (χ0) is 19.1. The van der Waals surface area contributed by atoms with Crippen LogP contribution in [0.2, 0.25) is 0 Å². The Labute approximate surface area is 160 Å². The zero-order valence-corrected chi connectivity index (χ0v) is 16.1. The summed E-state index contributed by atoms with van der Waals surface area (Å²) in [4.78, 5) is 11.0. The molecule has 1 aromatic heterocycles. The molecule has 1 heterocycles. The van der Waals surface area contributed by atoms with Gasteiger partial charge in [-0.1, -0.05) is 36.4 Å². The van der Waals surface area contributed by atoms with Gasteiger partial charge in [0.25, 0.3) is 0 Å². The Morgan fingerprint density at radius 3 is 2.63 bits per heavy atom. The summed E-state index contributed by atoms with van der Waals surface area (Å²) < 4.78 is 5.21. The van der Waals surface area contributed by atoms with Crippen molar-refractivity contribution >= 4 is 16.9 Å². The molecule has 3 aromatic rings. The van der Waals surface area contributed by atoms with Crippen LogP contribution in [0.25, 0.3) is 10.9 Å². The lowest BCUT2D eigenvalue weighted by Gasteiger charge is -2.22. The van der Waals surface area contributed by atoms with Crippen LogP contribution in [-0.4, -0.2) is 43.6 Å². The fourth-order valence-corrected chi connectivity index (χ4v) is 3.14. The average Bonchev–Trinajstić information content (AvgIpc) is 2.71. The van der Waals surface area contributed by atoms with E-state index in [2.05, 4.69) is 56.6 Å². The molecule has 0 spiro atoms. The summed E-state index contributed by atoms with van der Waals surface area (Å²) in [6, 6.07) is 18.5. The number of aliphatic imine (C=N–C) groups is 1. The summed E-state index contributed by atoms with van der Waals surface area (Å²) in [5.41, 5.74) is 3.52. The summed E-state index contributed by atoms with van der Waals surface area (Å²) in [6.45, 7) is 1.58. The monoisotopic (exact) mass is 362 g/mol. The number of hydrogen-bond donors (Lipinski definition) is 1. The van der Waals surface area contributed by atoms with Crippen molar-refractivity contribution in [1.29, 1.82) is 0 Å². The molecule has 0 unspecified atom stereocenters. The summed E-state index contributed by atoms with van der Waals surface area (Å²) in [6.07, 6.45) is 2.74. The second-order valence-corrected chi connectivity index (χ2v) is 6.42. The third-order valence-electron chi connectivity index (χ3n) is 4.55. The molecule has 140 valence electrons. The lowest BCUT2D eigenvalue weighted by Crippen LogP contribution is -2.39. The highest BCUT2D eigenvalue weighted by atomic mass is 16.5. The molecule has 0 atom stereocenters. The molecule has 27 heavy (non-hydrogen) atoms. The lowest BCUT2D eigenvalue weighted by atomic mass is 10.1. The maximum atomic E-state index is 5.21. The zero-order valence-electron chi connectivity index (χ0n) is 16.1. The van der Waals surface area contributed by atoms with Crippen LogP contribution in [0.3, 0.4) is 0 Å². The van der Waals surface area contributed by atoms with E-state index in [0.29, 0.717) is 0 Å². The Balaban J connectivity index is 1.58. The first-order valence-electron chi connectivity index (χ1n) is 9.08. The molecule has 0 aliphatic carbocycles. The van der Waals surface area contributed by atoms with E-state index in [1.807, 2.05) is 38.5 Å². The van der Waals surface area contributed by atoms with Crippen molar-refractivity contribution in [3.63, 3.8) is 0 Å². The summed E-state index contributed by atoms with van der Waals surface area (Å²) in [7, 11) is 5.53. The van der Waals surface area contributed by atoms with Crippen LogP contribution in [-0.2, 0) is 13.0 Å². The van der Waals surface area contributed by atoms with E-state index in [0.717, 1.165) is 36.7 Å². The number of para-hydroxylation sites is 1. The molecule has 0 saturated heterocycles. The van der Waals surface area contributed by atoms with E-state index in [1.165, 1.54) is 16.5 Å². The first-order chi connectivity index (χ1) is 13.2. The molecule has 5 heteroatoms. The highest BCUT2D eigenvalue weighted by molar-refractivity contribution is 5.82.